The van der Waals surface area contributed by atoms with E-state index in [2.05, 4.69) is 0 Å². The van der Waals surface area contributed by atoms with Crippen molar-refractivity contribution in [1.29, 1.82) is 0 Å². The van der Waals surface area contributed by atoms with Gasteiger partial charge in [-0.25, -0.2) is 0 Å². The van der Waals surface area contributed by atoms with E-state index in [-0.39, 0.29) is 85.6 Å². The average molecular weight is 611 g/mol. The van der Waals surface area contributed by atoms with Gasteiger partial charge >= 0.3 is 11.9 Å². The van der Waals surface area contributed by atoms with Crippen molar-refractivity contribution in [2.45, 2.75) is 118 Å². The molecule has 0 aliphatic carbocycles. The number of ether oxygens (including phenoxy) is 2. The first-order valence-corrected chi connectivity index (χ1v) is 15.4. The summed E-state index contributed by atoms with van der Waals surface area (Å²) in [5.41, 5.74) is 4.58. The second-order valence-corrected chi connectivity index (χ2v) is 13.6. The summed E-state index contributed by atoms with van der Waals surface area (Å²) >= 11 is 0. The molecule has 2 aromatic carbocycles. The lowest BCUT2D eigenvalue weighted by Crippen LogP contribution is -2.14. The maximum Gasteiger partial charge on any atom is 0.306 e. The van der Waals surface area contributed by atoms with E-state index in [9.17, 15) is 29.4 Å². The molecule has 0 spiro atoms. The minimum absolute atomic E-state index is 0.0359. The van der Waals surface area contributed by atoms with E-state index in [1.165, 1.54) is 0 Å². The van der Waals surface area contributed by atoms with Crippen molar-refractivity contribution in [1.82, 2.24) is 0 Å². The normalized spacial score (nSPS) is 11.7. The van der Waals surface area contributed by atoms with Gasteiger partial charge in [-0.1, -0.05) is 65.8 Å². The highest BCUT2D eigenvalue weighted by Crippen LogP contribution is 2.35. The lowest BCUT2D eigenvalue weighted by Gasteiger charge is -2.22. The lowest BCUT2D eigenvalue weighted by atomic mass is 9.83. The number of rotatable bonds is 15. The molecule has 0 aliphatic rings. The molecule has 0 saturated carbocycles. The molecule has 2 N–H and O–H groups in total. The van der Waals surface area contributed by atoms with Crippen LogP contribution < -0.4 is 0 Å². The summed E-state index contributed by atoms with van der Waals surface area (Å²) in [4.78, 5) is 48.7. The lowest BCUT2D eigenvalue weighted by molar-refractivity contribution is -0.145. The van der Waals surface area contributed by atoms with Crippen LogP contribution >= 0.6 is 0 Å². The fourth-order valence-corrected chi connectivity index (χ4v) is 4.86. The Balaban J connectivity index is 1.63. The zero-order valence-electron chi connectivity index (χ0n) is 27.7. The molecule has 0 unspecified atom stereocenters. The Morgan fingerprint density at radius 2 is 0.909 bits per heavy atom. The van der Waals surface area contributed by atoms with Gasteiger partial charge in [-0.05, 0) is 70.9 Å². The summed E-state index contributed by atoms with van der Waals surface area (Å²) in [6.07, 6.45) is 1.40. The number of hydrogen-bond donors (Lipinski definition) is 2. The number of Topliss-reactive ketones (excluding diaryl/α,β-unsaturated/α-hetero) is 2. The molecule has 2 rings (SSSR count). The Morgan fingerprint density at radius 3 is 1.23 bits per heavy atom. The van der Waals surface area contributed by atoms with Crippen molar-refractivity contribution >= 4 is 23.5 Å². The van der Waals surface area contributed by atoms with Crippen molar-refractivity contribution in [2.75, 3.05) is 13.2 Å². The Bertz CT molecular complexity index is 1240. The Morgan fingerprint density at radius 1 is 0.568 bits per heavy atom. The first-order chi connectivity index (χ1) is 20.4. The molecule has 0 aromatic heterocycles. The third-order valence-electron chi connectivity index (χ3n) is 7.54. The zero-order chi connectivity index (χ0) is 33.2. The van der Waals surface area contributed by atoms with Crippen LogP contribution in [-0.4, -0.2) is 46.9 Å². The van der Waals surface area contributed by atoms with Gasteiger partial charge in [0, 0.05) is 38.5 Å². The van der Waals surface area contributed by atoms with Crippen LogP contribution in [0.15, 0.2) is 24.3 Å². The van der Waals surface area contributed by atoms with Crippen molar-refractivity contribution in [3.8, 4) is 11.5 Å². The molecule has 0 amide bonds. The van der Waals surface area contributed by atoms with Crippen LogP contribution in [0.4, 0.5) is 0 Å². The molecule has 0 bridgehead atoms. The summed E-state index contributed by atoms with van der Waals surface area (Å²) in [6, 6.07) is 7.55. The van der Waals surface area contributed by atoms with Gasteiger partial charge < -0.3 is 19.7 Å². The number of benzene rings is 2. The van der Waals surface area contributed by atoms with Crippen LogP contribution in [-0.2, 0) is 52.3 Å². The van der Waals surface area contributed by atoms with E-state index in [1.807, 2.05) is 79.7 Å². The van der Waals surface area contributed by atoms with Crippen molar-refractivity contribution in [3.05, 3.63) is 57.6 Å². The van der Waals surface area contributed by atoms with E-state index in [4.69, 9.17) is 9.47 Å². The second kappa shape index (κ2) is 15.9. The van der Waals surface area contributed by atoms with Gasteiger partial charge in [-0.2, -0.15) is 0 Å². The first-order valence-electron chi connectivity index (χ1n) is 15.4. The van der Waals surface area contributed by atoms with Gasteiger partial charge in [0.1, 0.15) is 23.1 Å². The molecule has 0 saturated heterocycles. The molecule has 2 aromatic rings. The van der Waals surface area contributed by atoms with Crippen LogP contribution in [0.1, 0.15) is 113 Å². The Hall–Kier alpha value is -3.68. The van der Waals surface area contributed by atoms with E-state index in [0.29, 0.717) is 12.8 Å². The van der Waals surface area contributed by atoms with Gasteiger partial charge in [0.15, 0.2) is 0 Å². The molecule has 0 fully saturated rings. The Labute approximate surface area is 262 Å². The van der Waals surface area contributed by atoms with Crippen molar-refractivity contribution in [3.63, 3.8) is 0 Å². The maximum absolute atomic E-state index is 12.2. The van der Waals surface area contributed by atoms with Gasteiger partial charge in [0.05, 0.1) is 13.2 Å². The molecule has 8 nitrogen and oxygen atoms in total. The molecule has 0 radical (unpaired) electrons. The fraction of sp³-hybridized carbons (Fsp3) is 0.556. The number of carbonyl (C=O) groups excluding carboxylic acids is 4. The zero-order valence-corrected chi connectivity index (χ0v) is 27.7. The van der Waals surface area contributed by atoms with E-state index in [1.54, 1.807) is 0 Å². The minimum atomic E-state index is -0.408. The number of aryl methyl sites for hydroxylation is 4. The second-order valence-electron chi connectivity index (χ2n) is 13.6. The molecule has 8 heteroatoms. The topological polar surface area (TPSA) is 127 Å². The van der Waals surface area contributed by atoms with Gasteiger partial charge in [-0.3, -0.25) is 19.2 Å². The molecule has 242 valence electrons. The van der Waals surface area contributed by atoms with Crippen molar-refractivity contribution in [2.24, 2.45) is 0 Å². The largest absolute Gasteiger partial charge is 0.507 e. The third-order valence-corrected chi connectivity index (χ3v) is 7.54. The summed E-state index contributed by atoms with van der Waals surface area (Å²) < 4.78 is 10.4. The summed E-state index contributed by atoms with van der Waals surface area (Å²) in [5.74, 6) is -0.623. The molecular formula is C36H50O8. The maximum atomic E-state index is 12.2. The highest BCUT2D eigenvalue weighted by atomic mass is 16.5. The molecular weight excluding hydrogens is 560 g/mol. The molecule has 44 heavy (non-hydrogen) atoms. The predicted octanol–water partition coefficient (Wildman–Crippen LogP) is 6.66. The predicted molar refractivity (Wildman–Crippen MR) is 170 cm³/mol. The highest BCUT2D eigenvalue weighted by molar-refractivity contribution is 5.86. The summed E-state index contributed by atoms with van der Waals surface area (Å²) in [5, 5.41) is 20.7. The third kappa shape index (κ3) is 11.8. The molecule has 0 heterocycles. The average Bonchev–Trinajstić information content (AvgIpc) is 2.91. The minimum Gasteiger partial charge on any atom is -0.507 e. The standard InChI is InChI=1S/C36H50O8/c1-23-19-25(21-29(33(23)41)35(3,4)5)9-13-31(39)43-17-15-27(37)11-12-28(38)16-18-44-32(40)14-10-26-20-24(2)34(42)30(22-26)36(6,7)8/h19-22,41-42H,9-18H2,1-8H3. The van der Waals surface area contributed by atoms with Crippen LogP contribution in [0.5, 0.6) is 11.5 Å². The number of carbonyl (C=O) groups is 4. The quantitative estimate of drug-likeness (QED) is 0.214. The number of hydrogen-bond acceptors (Lipinski definition) is 8. The van der Waals surface area contributed by atoms with Crippen LogP contribution in [0, 0.1) is 13.8 Å². The van der Waals surface area contributed by atoms with E-state index < -0.39 is 11.9 Å². The van der Waals surface area contributed by atoms with Crippen LogP contribution in [0.3, 0.4) is 0 Å². The van der Waals surface area contributed by atoms with Crippen LogP contribution in [0.2, 0.25) is 0 Å². The number of ketones is 2. The summed E-state index contributed by atoms with van der Waals surface area (Å²) in [7, 11) is 0. The fourth-order valence-electron chi connectivity index (χ4n) is 4.86. The number of phenolic OH excluding ortho intramolecular Hbond substituents is 2. The highest BCUT2D eigenvalue weighted by Gasteiger charge is 2.22. The monoisotopic (exact) mass is 610 g/mol. The van der Waals surface area contributed by atoms with Gasteiger partial charge in [0.2, 0.25) is 0 Å². The van der Waals surface area contributed by atoms with Crippen molar-refractivity contribution < 1.29 is 38.9 Å². The smallest absolute Gasteiger partial charge is 0.306 e. The molecule has 0 aliphatic heterocycles. The number of phenols is 2. The van der Waals surface area contributed by atoms with Crippen LogP contribution in [0.25, 0.3) is 0 Å². The summed E-state index contributed by atoms with van der Waals surface area (Å²) in [6.45, 7) is 15.7. The van der Waals surface area contributed by atoms with Gasteiger partial charge in [-0.15, -0.1) is 0 Å². The van der Waals surface area contributed by atoms with Gasteiger partial charge in [0.25, 0.3) is 0 Å². The van der Waals surface area contributed by atoms with E-state index >= 15 is 0 Å². The first kappa shape index (κ1) is 36.5. The number of esters is 2. The SMILES string of the molecule is Cc1cc(CCC(=O)OCCC(=O)CCC(=O)CCOC(=O)CCc2cc(C)c(O)c(C(C)(C)C)c2)cc(C(C)(C)C)c1O. The molecule has 0 atom stereocenters. The number of aromatic hydroxyl groups is 2. The van der Waals surface area contributed by atoms with E-state index in [0.717, 1.165) is 33.4 Å². The Kier molecular flexibility index (Phi) is 13.2.